The van der Waals surface area contributed by atoms with Gasteiger partial charge in [-0.05, 0) is 24.7 Å². The second-order valence-corrected chi connectivity index (χ2v) is 14.0. The highest BCUT2D eigenvalue weighted by atomic mass is 79.9. The number of rotatable bonds is 27. The fraction of sp³-hybridized carbons (Fsp3) is 0.879. The number of nitrogens with one attached hydrogen (secondary N) is 1. The molecule has 1 fully saturated rings. The third-order valence-corrected chi connectivity index (χ3v) is 10.5. The van der Waals surface area contributed by atoms with Gasteiger partial charge < -0.3 is 19.7 Å². The van der Waals surface area contributed by atoms with Crippen LogP contribution in [0.15, 0.2) is 11.6 Å². The highest BCUT2D eigenvalue weighted by Crippen LogP contribution is 2.38. The molecule has 0 aromatic heterocycles. The van der Waals surface area contributed by atoms with Gasteiger partial charge >= 0.3 is 12.1 Å². The lowest BCUT2D eigenvalue weighted by atomic mass is 9.94. The van der Waals surface area contributed by atoms with Crippen LogP contribution in [0.3, 0.4) is 0 Å². The standard InChI is InChI=1S/C33H60N2O4S2.BrH/c1-2-3-4-5-6-7-8-9-10-11-12-13-14-15-16-19-22-34-32(37)39-27-33(28-41-29-33)26-38-31(36)21-18-17-20-23-35-24-25-40-30-35;/h24-25H,2-23,26-30H2,1H3,(H,34,37);1H. The molecule has 2 aliphatic heterocycles. The number of amides is 1. The van der Waals surface area contributed by atoms with Gasteiger partial charge in [0.1, 0.15) is 13.2 Å². The van der Waals surface area contributed by atoms with E-state index in [-0.39, 0.29) is 34.5 Å². The Labute approximate surface area is 276 Å². The molecule has 0 radical (unpaired) electrons. The summed E-state index contributed by atoms with van der Waals surface area (Å²) >= 11 is 3.63. The predicted octanol–water partition coefficient (Wildman–Crippen LogP) is 9.87. The number of ether oxygens (including phenoxy) is 2. The number of carbonyl (C=O) groups is 2. The third-order valence-electron chi connectivity index (χ3n) is 8.10. The Morgan fingerprint density at radius 1 is 0.762 bits per heavy atom. The van der Waals surface area contributed by atoms with Crippen molar-refractivity contribution in [1.82, 2.24) is 10.2 Å². The van der Waals surface area contributed by atoms with E-state index in [0.717, 1.165) is 56.0 Å². The minimum absolute atomic E-state index is 0. The number of hydrogen-bond acceptors (Lipinski definition) is 7. The Kier molecular flexibility index (Phi) is 25.2. The minimum Gasteiger partial charge on any atom is -0.465 e. The monoisotopic (exact) mass is 692 g/mol. The van der Waals surface area contributed by atoms with Crippen LogP contribution in [0.1, 0.15) is 135 Å². The first-order valence-corrected chi connectivity index (χ1v) is 19.0. The first kappa shape index (κ1) is 39.5. The van der Waals surface area contributed by atoms with E-state index in [9.17, 15) is 9.59 Å². The molecule has 2 heterocycles. The number of esters is 1. The maximum atomic E-state index is 12.2. The van der Waals surface area contributed by atoms with Gasteiger partial charge in [-0.15, -0.1) is 28.7 Å². The van der Waals surface area contributed by atoms with Crippen LogP contribution in [0.2, 0.25) is 0 Å². The molecule has 0 aliphatic carbocycles. The van der Waals surface area contributed by atoms with Gasteiger partial charge in [-0.25, -0.2) is 4.79 Å². The smallest absolute Gasteiger partial charge is 0.407 e. The number of nitrogens with zero attached hydrogens (tertiary/aromatic N) is 1. The van der Waals surface area contributed by atoms with Gasteiger partial charge in [0.2, 0.25) is 0 Å². The van der Waals surface area contributed by atoms with Gasteiger partial charge in [0.15, 0.2) is 0 Å². The Morgan fingerprint density at radius 2 is 1.31 bits per heavy atom. The lowest BCUT2D eigenvalue weighted by Crippen LogP contribution is -2.46. The average Bonchev–Trinajstić information content (AvgIpc) is 3.47. The van der Waals surface area contributed by atoms with Crippen LogP contribution >= 0.6 is 40.5 Å². The summed E-state index contributed by atoms with van der Waals surface area (Å²) in [4.78, 5) is 26.7. The Bertz CT molecular complexity index is 710. The van der Waals surface area contributed by atoms with Gasteiger partial charge in [0.05, 0.1) is 11.3 Å². The van der Waals surface area contributed by atoms with Crippen molar-refractivity contribution in [3.63, 3.8) is 0 Å². The van der Waals surface area contributed by atoms with E-state index >= 15 is 0 Å². The van der Waals surface area contributed by atoms with E-state index in [1.807, 2.05) is 23.5 Å². The van der Waals surface area contributed by atoms with E-state index in [2.05, 4.69) is 28.7 Å². The fourth-order valence-electron chi connectivity index (χ4n) is 5.25. The summed E-state index contributed by atoms with van der Waals surface area (Å²) in [6.45, 7) is 4.67. The maximum Gasteiger partial charge on any atom is 0.407 e. The van der Waals surface area contributed by atoms with Crippen molar-refractivity contribution < 1.29 is 19.1 Å². The zero-order valence-corrected chi connectivity index (χ0v) is 29.9. The first-order chi connectivity index (χ1) is 20.1. The van der Waals surface area contributed by atoms with Crippen LogP contribution < -0.4 is 5.32 Å². The summed E-state index contributed by atoms with van der Waals surface area (Å²) in [5.74, 6) is 2.65. The second kappa shape index (κ2) is 26.8. The molecule has 0 spiro atoms. The molecule has 0 aromatic carbocycles. The summed E-state index contributed by atoms with van der Waals surface area (Å²) in [5, 5.41) is 5.02. The van der Waals surface area contributed by atoms with E-state index in [1.165, 1.54) is 89.9 Å². The molecule has 0 unspecified atom stereocenters. The largest absolute Gasteiger partial charge is 0.465 e. The van der Waals surface area contributed by atoms with Crippen LogP contribution in [0.4, 0.5) is 4.79 Å². The van der Waals surface area contributed by atoms with Crippen molar-refractivity contribution in [3.05, 3.63) is 11.6 Å². The Morgan fingerprint density at radius 3 is 1.83 bits per heavy atom. The second-order valence-electron chi connectivity index (χ2n) is 12.2. The molecule has 1 amide bonds. The molecular formula is C33H61BrN2O4S2. The number of hydrogen-bond donors (Lipinski definition) is 1. The minimum atomic E-state index is -0.347. The van der Waals surface area contributed by atoms with Gasteiger partial charge in [-0.1, -0.05) is 110 Å². The summed E-state index contributed by atoms with van der Waals surface area (Å²) < 4.78 is 11.1. The normalized spacial score (nSPS) is 15.2. The predicted molar refractivity (Wildman–Crippen MR) is 187 cm³/mol. The van der Waals surface area contributed by atoms with E-state index in [4.69, 9.17) is 9.47 Å². The Hall–Kier alpha value is -0.540. The van der Waals surface area contributed by atoms with Crippen molar-refractivity contribution in [1.29, 1.82) is 0 Å². The van der Waals surface area contributed by atoms with Crippen molar-refractivity contribution in [3.8, 4) is 0 Å². The average molecular weight is 694 g/mol. The lowest BCUT2D eigenvalue weighted by molar-refractivity contribution is -0.147. The third kappa shape index (κ3) is 20.4. The molecule has 0 atom stereocenters. The summed E-state index contributed by atoms with van der Waals surface area (Å²) in [7, 11) is 0. The number of unbranched alkanes of at least 4 members (excludes halogenated alkanes) is 17. The molecule has 246 valence electrons. The zero-order valence-electron chi connectivity index (χ0n) is 26.6. The quantitative estimate of drug-likeness (QED) is 0.0679. The fourth-order valence-corrected chi connectivity index (χ4v) is 7.11. The molecule has 0 aromatic rings. The van der Waals surface area contributed by atoms with E-state index < -0.39 is 0 Å². The van der Waals surface area contributed by atoms with Crippen LogP contribution in [0.25, 0.3) is 0 Å². The lowest BCUT2D eigenvalue weighted by Gasteiger charge is -2.39. The molecular weight excluding hydrogens is 632 g/mol. The first-order valence-electron chi connectivity index (χ1n) is 16.8. The van der Waals surface area contributed by atoms with Gasteiger partial charge in [0, 0.05) is 37.2 Å². The molecule has 9 heteroatoms. The molecule has 42 heavy (non-hydrogen) atoms. The molecule has 6 nitrogen and oxygen atoms in total. The SMILES string of the molecule is Br.CCCCCCCCCCCCCCCCCCNC(=O)OCC1(COC(=O)CCCCCN2C=CSC2)CSC1. The van der Waals surface area contributed by atoms with Crippen LogP contribution in [-0.4, -0.2) is 60.6 Å². The van der Waals surface area contributed by atoms with Crippen LogP contribution in [0.5, 0.6) is 0 Å². The van der Waals surface area contributed by atoms with Gasteiger partial charge in [0.25, 0.3) is 0 Å². The molecule has 1 N–H and O–H groups in total. The van der Waals surface area contributed by atoms with Crippen molar-refractivity contribution >= 4 is 52.6 Å². The van der Waals surface area contributed by atoms with E-state index in [1.54, 1.807) is 0 Å². The molecule has 0 bridgehead atoms. The van der Waals surface area contributed by atoms with Gasteiger partial charge in [-0.3, -0.25) is 4.79 Å². The van der Waals surface area contributed by atoms with Crippen molar-refractivity contribution in [2.45, 2.75) is 135 Å². The highest BCUT2D eigenvalue weighted by molar-refractivity contribution is 8.93. The highest BCUT2D eigenvalue weighted by Gasteiger charge is 2.40. The molecule has 2 rings (SSSR count). The number of alkyl carbamates (subject to hydrolysis) is 1. The van der Waals surface area contributed by atoms with Crippen LogP contribution in [-0.2, 0) is 14.3 Å². The summed E-state index contributed by atoms with van der Waals surface area (Å²) in [6.07, 6.45) is 26.8. The van der Waals surface area contributed by atoms with Crippen LogP contribution in [0, 0.1) is 5.41 Å². The number of halogens is 1. The number of carbonyl (C=O) groups excluding carboxylic acids is 2. The maximum absolute atomic E-state index is 12.2. The van der Waals surface area contributed by atoms with Gasteiger partial charge in [-0.2, -0.15) is 11.8 Å². The molecule has 0 saturated carbocycles. The van der Waals surface area contributed by atoms with Crippen molar-refractivity contribution in [2.24, 2.45) is 5.41 Å². The summed E-state index contributed by atoms with van der Waals surface area (Å²) in [5.41, 5.74) is -0.217. The molecule has 1 saturated heterocycles. The topological polar surface area (TPSA) is 67.9 Å². The van der Waals surface area contributed by atoms with Crippen molar-refractivity contribution in [2.75, 3.05) is 43.7 Å². The zero-order chi connectivity index (χ0) is 29.3. The summed E-state index contributed by atoms with van der Waals surface area (Å²) in [6, 6.07) is 0. The molecule has 2 aliphatic rings. The van der Waals surface area contributed by atoms with E-state index in [0.29, 0.717) is 26.2 Å². The Balaban J connectivity index is 0.00000882. The number of thioether (sulfide) groups is 2.